The monoisotopic (exact) mass is 183 g/mol. The van der Waals surface area contributed by atoms with Crippen LogP contribution in [0.25, 0.3) is 0 Å². The maximum atomic E-state index is 9.97. The van der Waals surface area contributed by atoms with Crippen molar-refractivity contribution in [3.63, 3.8) is 0 Å². The lowest BCUT2D eigenvalue weighted by Crippen LogP contribution is -2.38. The first-order valence-corrected chi connectivity index (χ1v) is 5.31. The van der Waals surface area contributed by atoms with Gasteiger partial charge in [-0.05, 0) is 32.2 Å². The SMILES string of the molecule is C=CCCCNCC1(O)CCCC1. The predicted molar refractivity (Wildman–Crippen MR) is 55.7 cm³/mol. The first-order chi connectivity index (χ1) is 6.27. The lowest BCUT2D eigenvalue weighted by Gasteiger charge is -2.22. The predicted octanol–water partition coefficient (Wildman–Crippen LogP) is 1.85. The molecule has 0 bridgehead atoms. The molecule has 1 fully saturated rings. The summed E-state index contributed by atoms with van der Waals surface area (Å²) in [6, 6.07) is 0. The maximum absolute atomic E-state index is 9.97. The summed E-state index contributed by atoms with van der Waals surface area (Å²) in [5, 5.41) is 13.3. The van der Waals surface area contributed by atoms with Crippen molar-refractivity contribution in [2.45, 2.75) is 44.1 Å². The summed E-state index contributed by atoms with van der Waals surface area (Å²) in [7, 11) is 0. The van der Waals surface area contributed by atoms with Crippen molar-refractivity contribution in [3.05, 3.63) is 12.7 Å². The quantitative estimate of drug-likeness (QED) is 0.486. The Kier molecular flexibility index (Phi) is 4.46. The molecule has 2 N–H and O–H groups in total. The standard InChI is InChI=1S/C11H21NO/c1-2-3-6-9-12-10-11(13)7-4-5-8-11/h2,12-13H,1,3-10H2. The summed E-state index contributed by atoms with van der Waals surface area (Å²) in [6.45, 7) is 5.43. The van der Waals surface area contributed by atoms with E-state index in [1.807, 2.05) is 6.08 Å². The average molecular weight is 183 g/mol. The topological polar surface area (TPSA) is 32.3 Å². The van der Waals surface area contributed by atoms with Crippen LogP contribution in [0.1, 0.15) is 38.5 Å². The molecule has 1 aliphatic carbocycles. The highest BCUT2D eigenvalue weighted by atomic mass is 16.3. The lowest BCUT2D eigenvalue weighted by atomic mass is 10.0. The second kappa shape index (κ2) is 5.40. The van der Waals surface area contributed by atoms with E-state index < -0.39 is 5.60 Å². The van der Waals surface area contributed by atoms with E-state index in [0.29, 0.717) is 0 Å². The van der Waals surface area contributed by atoms with E-state index in [2.05, 4.69) is 11.9 Å². The van der Waals surface area contributed by atoms with Gasteiger partial charge in [0.05, 0.1) is 5.60 Å². The summed E-state index contributed by atoms with van der Waals surface area (Å²) in [5.74, 6) is 0. The van der Waals surface area contributed by atoms with Gasteiger partial charge in [0.25, 0.3) is 0 Å². The Labute approximate surface area is 81.0 Å². The number of unbranched alkanes of at least 4 members (excludes halogenated alkanes) is 1. The normalized spacial score (nSPS) is 20.4. The van der Waals surface area contributed by atoms with Crippen LogP contribution in [0.5, 0.6) is 0 Å². The Morgan fingerprint density at radius 1 is 1.38 bits per heavy atom. The molecule has 0 radical (unpaired) electrons. The Morgan fingerprint density at radius 2 is 2.08 bits per heavy atom. The van der Waals surface area contributed by atoms with E-state index in [-0.39, 0.29) is 0 Å². The fraction of sp³-hybridized carbons (Fsp3) is 0.818. The van der Waals surface area contributed by atoms with Crippen molar-refractivity contribution < 1.29 is 5.11 Å². The minimum absolute atomic E-state index is 0.395. The van der Waals surface area contributed by atoms with Crippen LogP contribution in [0.15, 0.2) is 12.7 Å². The summed E-state index contributed by atoms with van der Waals surface area (Å²) in [5.41, 5.74) is -0.395. The van der Waals surface area contributed by atoms with Crippen LogP contribution in [0.3, 0.4) is 0 Å². The van der Waals surface area contributed by atoms with Crippen LogP contribution >= 0.6 is 0 Å². The number of hydrogen-bond donors (Lipinski definition) is 2. The molecule has 0 aromatic rings. The molecule has 0 saturated heterocycles. The van der Waals surface area contributed by atoms with Gasteiger partial charge >= 0.3 is 0 Å². The summed E-state index contributed by atoms with van der Waals surface area (Å²) in [6.07, 6.45) is 8.44. The Balaban J connectivity index is 2.01. The van der Waals surface area contributed by atoms with Crippen LogP contribution in [0.4, 0.5) is 0 Å². The molecule has 0 aromatic carbocycles. The fourth-order valence-corrected chi connectivity index (χ4v) is 1.90. The van der Waals surface area contributed by atoms with Crippen LogP contribution < -0.4 is 5.32 Å². The number of hydrogen-bond acceptors (Lipinski definition) is 2. The second-order valence-corrected chi connectivity index (χ2v) is 4.04. The van der Waals surface area contributed by atoms with Crippen molar-refractivity contribution >= 4 is 0 Å². The molecule has 76 valence electrons. The fourth-order valence-electron chi connectivity index (χ4n) is 1.90. The molecule has 2 heteroatoms. The van der Waals surface area contributed by atoms with Crippen molar-refractivity contribution in [1.82, 2.24) is 5.32 Å². The van der Waals surface area contributed by atoms with Crippen LogP contribution in [-0.4, -0.2) is 23.8 Å². The molecule has 0 amide bonds. The van der Waals surface area contributed by atoms with Crippen molar-refractivity contribution in [1.29, 1.82) is 0 Å². The third-order valence-corrected chi connectivity index (χ3v) is 2.75. The van der Waals surface area contributed by atoms with Crippen molar-refractivity contribution in [2.75, 3.05) is 13.1 Å². The molecule has 0 atom stereocenters. The van der Waals surface area contributed by atoms with Crippen LogP contribution in [-0.2, 0) is 0 Å². The zero-order chi connectivity index (χ0) is 9.57. The van der Waals surface area contributed by atoms with Gasteiger partial charge in [-0.25, -0.2) is 0 Å². The largest absolute Gasteiger partial charge is 0.389 e. The number of rotatable bonds is 6. The molecule has 0 spiro atoms. The zero-order valence-electron chi connectivity index (χ0n) is 8.39. The number of aliphatic hydroxyl groups is 1. The van der Waals surface area contributed by atoms with E-state index in [4.69, 9.17) is 0 Å². The van der Waals surface area contributed by atoms with Gasteiger partial charge in [0.15, 0.2) is 0 Å². The van der Waals surface area contributed by atoms with Gasteiger partial charge in [-0.1, -0.05) is 18.9 Å². The molecule has 0 aliphatic heterocycles. The summed E-state index contributed by atoms with van der Waals surface area (Å²) >= 11 is 0. The van der Waals surface area contributed by atoms with Gasteiger partial charge < -0.3 is 10.4 Å². The maximum Gasteiger partial charge on any atom is 0.0771 e. The van der Waals surface area contributed by atoms with Gasteiger partial charge in [0.2, 0.25) is 0 Å². The molecule has 0 unspecified atom stereocenters. The molecule has 1 rings (SSSR count). The van der Waals surface area contributed by atoms with Gasteiger partial charge in [-0.3, -0.25) is 0 Å². The number of nitrogens with one attached hydrogen (secondary N) is 1. The molecule has 2 nitrogen and oxygen atoms in total. The minimum Gasteiger partial charge on any atom is -0.389 e. The van der Waals surface area contributed by atoms with Gasteiger partial charge in [-0.2, -0.15) is 0 Å². The van der Waals surface area contributed by atoms with Crippen LogP contribution in [0, 0.1) is 0 Å². The Hall–Kier alpha value is -0.340. The van der Waals surface area contributed by atoms with Crippen LogP contribution in [0.2, 0.25) is 0 Å². The first-order valence-electron chi connectivity index (χ1n) is 5.31. The van der Waals surface area contributed by atoms with Gasteiger partial charge in [0.1, 0.15) is 0 Å². The Morgan fingerprint density at radius 3 is 2.69 bits per heavy atom. The average Bonchev–Trinajstić information content (AvgIpc) is 2.53. The molecular weight excluding hydrogens is 162 g/mol. The Bertz CT molecular complexity index is 150. The zero-order valence-corrected chi connectivity index (χ0v) is 8.39. The van der Waals surface area contributed by atoms with E-state index in [1.165, 1.54) is 12.8 Å². The molecule has 1 aliphatic rings. The third-order valence-electron chi connectivity index (χ3n) is 2.75. The van der Waals surface area contributed by atoms with Gasteiger partial charge in [0, 0.05) is 6.54 Å². The summed E-state index contributed by atoms with van der Waals surface area (Å²) in [4.78, 5) is 0. The van der Waals surface area contributed by atoms with Crippen molar-refractivity contribution in [2.24, 2.45) is 0 Å². The molecule has 13 heavy (non-hydrogen) atoms. The van der Waals surface area contributed by atoms with E-state index in [1.54, 1.807) is 0 Å². The smallest absolute Gasteiger partial charge is 0.0771 e. The summed E-state index contributed by atoms with van der Waals surface area (Å²) < 4.78 is 0. The second-order valence-electron chi connectivity index (χ2n) is 4.04. The molecule has 0 aromatic heterocycles. The van der Waals surface area contributed by atoms with E-state index in [9.17, 15) is 5.11 Å². The molecule has 0 heterocycles. The van der Waals surface area contributed by atoms with E-state index >= 15 is 0 Å². The first kappa shape index (κ1) is 10.7. The highest BCUT2D eigenvalue weighted by Gasteiger charge is 2.30. The van der Waals surface area contributed by atoms with Crippen molar-refractivity contribution in [3.8, 4) is 0 Å². The lowest BCUT2D eigenvalue weighted by molar-refractivity contribution is 0.0479. The minimum atomic E-state index is -0.395. The van der Waals surface area contributed by atoms with E-state index in [0.717, 1.165) is 38.8 Å². The molecule has 1 saturated carbocycles. The molecular formula is C11H21NO. The third kappa shape index (κ3) is 3.92. The highest BCUT2D eigenvalue weighted by molar-refractivity contribution is 4.86. The number of allylic oxidation sites excluding steroid dienone is 1. The van der Waals surface area contributed by atoms with Gasteiger partial charge in [-0.15, -0.1) is 6.58 Å². The highest BCUT2D eigenvalue weighted by Crippen LogP contribution is 2.28.